The molecule has 0 aromatic carbocycles. The van der Waals surface area contributed by atoms with Crippen molar-refractivity contribution in [3.05, 3.63) is 42.5 Å². The quantitative estimate of drug-likeness (QED) is 0.458. The summed E-state index contributed by atoms with van der Waals surface area (Å²) >= 11 is 0. The molecule has 2 fully saturated rings. The van der Waals surface area contributed by atoms with E-state index in [0.717, 1.165) is 23.3 Å². The van der Waals surface area contributed by atoms with Gasteiger partial charge in [0, 0.05) is 47.6 Å². The molecule has 0 bridgehead atoms. The first kappa shape index (κ1) is 14.6. The lowest BCUT2D eigenvalue weighted by atomic mass is 10.1. The lowest BCUT2D eigenvalue weighted by Gasteiger charge is -2.28. The number of aromatic nitrogens is 5. The number of hydrogen-bond acceptors (Lipinski definition) is 7. The summed E-state index contributed by atoms with van der Waals surface area (Å²) in [4.78, 5) is 25.2. The topological polar surface area (TPSA) is 97.5 Å². The minimum absolute atomic E-state index is 0.00371. The van der Waals surface area contributed by atoms with Gasteiger partial charge in [-0.05, 0) is 30.5 Å². The lowest BCUT2D eigenvalue weighted by Crippen LogP contribution is -2.36. The molecule has 5 heterocycles. The van der Waals surface area contributed by atoms with Gasteiger partial charge in [0.25, 0.3) is 6.43 Å². The summed E-state index contributed by atoms with van der Waals surface area (Å²) in [6.07, 6.45) is 1.27. The Hall–Kier alpha value is -3.73. The number of carbonyl (C=O) groups is 1. The average molecular weight is 488 g/mol. The summed E-state index contributed by atoms with van der Waals surface area (Å²) in [7, 11) is 0. The van der Waals surface area contributed by atoms with E-state index in [9.17, 15) is 13.6 Å². The molecule has 0 spiro atoms. The zero-order valence-electron chi connectivity index (χ0n) is 26.2. The second kappa shape index (κ2) is 8.49. The van der Waals surface area contributed by atoms with Crippen molar-refractivity contribution in [2.45, 2.75) is 19.8 Å². The number of nitrogens with zero attached hydrogens (tertiary/aromatic N) is 6. The minimum atomic E-state index is -3.25. The van der Waals surface area contributed by atoms with Gasteiger partial charge in [-0.1, -0.05) is 6.92 Å². The Kier molecular flexibility index (Phi) is 3.55. The van der Waals surface area contributed by atoms with Crippen LogP contribution < -0.4 is 10.2 Å². The van der Waals surface area contributed by atoms with Crippen LogP contribution in [0.3, 0.4) is 0 Å². The van der Waals surface area contributed by atoms with Crippen LogP contribution in [0, 0.1) is 11.8 Å². The molecular weight excluding hydrogens is 456 g/mol. The fraction of sp³-hybridized carbons (Fsp3) is 0.375. The van der Waals surface area contributed by atoms with Gasteiger partial charge in [-0.25, -0.2) is 23.3 Å². The van der Waals surface area contributed by atoms with Crippen LogP contribution in [0.25, 0.3) is 27.8 Å². The van der Waals surface area contributed by atoms with Crippen LogP contribution in [0.2, 0.25) is 0 Å². The predicted molar refractivity (Wildman–Crippen MR) is 125 cm³/mol. The molecule has 2 aliphatic rings. The first-order valence-corrected chi connectivity index (χ1v) is 10.7. The van der Waals surface area contributed by atoms with E-state index in [1.54, 1.807) is 0 Å². The minimum Gasteiger partial charge on any atom is -0.378 e. The van der Waals surface area contributed by atoms with Crippen LogP contribution in [-0.4, -0.2) is 56.6 Å². The Labute approximate surface area is 210 Å². The van der Waals surface area contributed by atoms with Crippen molar-refractivity contribution in [3.8, 4) is 11.4 Å². The highest BCUT2D eigenvalue weighted by atomic mass is 19.3. The van der Waals surface area contributed by atoms with Crippen molar-refractivity contribution < 1.29 is 29.3 Å². The number of hydrogen-bond donors (Lipinski definition) is 1. The van der Waals surface area contributed by atoms with E-state index >= 15 is 0 Å². The van der Waals surface area contributed by atoms with Crippen molar-refractivity contribution in [1.29, 1.82) is 0 Å². The van der Waals surface area contributed by atoms with Gasteiger partial charge in [0.15, 0.2) is 11.5 Å². The molecule has 4 aromatic rings. The molecule has 0 unspecified atom stereocenters. The summed E-state index contributed by atoms with van der Waals surface area (Å²) in [5.74, 6) is -0.0317. The summed E-state index contributed by atoms with van der Waals surface area (Å²) in [5, 5.41) is 7.27. The molecule has 1 aliphatic heterocycles. The lowest BCUT2D eigenvalue weighted by molar-refractivity contribution is -0.117. The first-order chi connectivity index (χ1) is 19.9. The van der Waals surface area contributed by atoms with Crippen LogP contribution in [0.5, 0.6) is 0 Å². The van der Waals surface area contributed by atoms with Gasteiger partial charge in [0.2, 0.25) is 5.91 Å². The molecule has 1 N–H and O–H groups in total. The van der Waals surface area contributed by atoms with Gasteiger partial charge >= 0.3 is 0 Å². The summed E-state index contributed by atoms with van der Waals surface area (Å²) in [6, 6.07) is 3.96. The van der Waals surface area contributed by atoms with Gasteiger partial charge in [-0.15, -0.1) is 5.10 Å². The normalized spacial score (nSPS) is 29.2. The highest BCUT2D eigenvalue weighted by Gasteiger charge is 2.39. The van der Waals surface area contributed by atoms with Crippen LogP contribution in [0.4, 0.5) is 20.3 Å². The van der Waals surface area contributed by atoms with E-state index < -0.39 is 38.2 Å². The highest BCUT2D eigenvalue weighted by Crippen LogP contribution is 2.39. The highest BCUT2D eigenvalue weighted by molar-refractivity contribution is 6.00. The van der Waals surface area contributed by atoms with Gasteiger partial charge in [-0.2, -0.15) is 0 Å². The molecule has 4 aromatic heterocycles. The van der Waals surface area contributed by atoms with Crippen molar-refractivity contribution in [2.24, 2.45) is 11.8 Å². The van der Waals surface area contributed by atoms with Crippen LogP contribution in [-0.2, 0) is 9.53 Å². The number of fused-ring (bicyclic) bond motifs is 2. The smallest absolute Gasteiger partial charge is 0.281 e. The number of amides is 1. The molecule has 35 heavy (non-hydrogen) atoms. The number of morpholine rings is 1. The average Bonchev–Trinajstić information content (AvgIpc) is 3.49. The van der Waals surface area contributed by atoms with E-state index in [-0.39, 0.29) is 57.1 Å². The van der Waals surface area contributed by atoms with Crippen molar-refractivity contribution in [3.63, 3.8) is 0 Å². The Morgan fingerprint density at radius 3 is 2.77 bits per heavy atom. The number of anilines is 2. The molecule has 9 nitrogen and oxygen atoms in total. The Morgan fingerprint density at radius 2 is 2.03 bits per heavy atom. The molecule has 1 saturated heterocycles. The van der Waals surface area contributed by atoms with E-state index in [2.05, 4.69) is 30.1 Å². The molecule has 1 amide bonds. The largest absolute Gasteiger partial charge is 0.378 e. The number of alkyl halides is 2. The van der Waals surface area contributed by atoms with Gasteiger partial charge in [0.05, 0.1) is 36.0 Å². The molecule has 2 atom stereocenters. The molecule has 0 radical (unpaired) electrons. The van der Waals surface area contributed by atoms with Gasteiger partial charge in [-0.3, -0.25) is 9.78 Å². The summed E-state index contributed by atoms with van der Waals surface area (Å²) in [5.41, 5.74) is -0.455. The van der Waals surface area contributed by atoms with E-state index in [1.165, 1.54) is 24.4 Å². The molecular formula is C24H23F2N7O2. The standard InChI is InChI=1S/C24H23F2N7O2/c1-13-8-15(13)24(34)29-19-9-16-17(10-27-19)21(22(25)26)28-11-18(16)23-30-20-3-2-14(12-33(20)31-23)32-4-6-35-7-5-32/h2-3,9-13,15,22H,4-8H2,1H3,(H,27,29,34)/t13-,15+/m1/s1/i4D2,5D2,6D2,7D2. The number of nitrogens with one attached hydrogen (secondary N) is 1. The fourth-order valence-electron chi connectivity index (χ4n) is 3.92. The van der Waals surface area contributed by atoms with Crippen LogP contribution in [0.15, 0.2) is 36.8 Å². The van der Waals surface area contributed by atoms with Crippen LogP contribution >= 0.6 is 0 Å². The Morgan fingerprint density at radius 1 is 1.23 bits per heavy atom. The van der Waals surface area contributed by atoms with E-state index in [4.69, 9.17) is 11.0 Å². The van der Waals surface area contributed by atoms with Gasteiger partial charge in [0.1, 0.15) is 11.5 Å². The zero-order valence-corrected chi connectivity index (χ0v) is 18.2. The maximum absolute atomic E-state index is 13.8. The van der Waals surface area contributed by atoms with E-state index in [0.29, 0.717) is 4.90 Å². The van der Waals surface area contributed by atoms with E-state index in [1.807, 2.05) is 6.92 Å². The maximum atomic E-state index is 13.8. The third-order valence-electron chi connectivity index (χ3n) is 5.94. The third-order valence-corrected chi connectivity index (χ3v) is 5.94. The Bertz CT molecular complexity index is 1760. The van der Waals surface area contributed by atoms with Crippen molar-refractivity contribution in [1.82, 2.24) is 24.6 Å². The van der Waals surface area contributed by atoms with Crippen molar-refractivity contribution in [2.75, 3.05) is 36.3 Å². The zero-order chi connectivity index (χ0) is 31.3. The number of ether oxygens (including phenoxy) is 1. The SMILES string of the molecule is [2H]C1([2H])OC([2H])([2H])C([2H])([2H])N(c2ccc3nc(-c4cnc(C(F)F)c5cnc(NC(=O)[C@H]6C[C@H]6C)cc45)nn3c2)C1([2H])[2H]. The second-order valence-corrected chi connectivity index (χ2v) is 8.27. The first-order valence-electron chi connectivity index (χ1n) is 14.7. The third kappa shape index (κ3) is 4.05. The van der Waals surface area contributed by atoms with Crippen LogP contribution in [0.1, 0.15) is 36.4 Å². The number of rotatable bonds is 5. The molecule has 1 saturated carbocycles. The van der Waals surface area contributed by atoms with Gasteiger partial charge < -0.3 is 15.0 Å². The predicted octanol–water partition coefficient (Wildman–Crippen LogP) is 3.71. The molecule has 6 rings (SSSR count). The van der Waals surface area contributed by atoms with Crippen molar-refractivity contribution >= 4 is 33.8 Å². The molecule has 11 heteroatoms. The molecule has 180 valence electrons. The summed E-state index contributed by atoms with van der Waals surface area (Å²) < 4.78 is 98.2. The maximum Gasteiger partial charge on any atom is 0.281 e. The second-order valence-electron chi connectivity index (χ2n) is 8.27. The molecule has 1 aliphatic carbocycles. The monoisotopic (exact) mass is 487 g/mol. The fourth-order valence-corrected chi connectivity index (χ4v) is 3.92. The Balaban J connectivity index is 1.45. The number of carbonyl (C=O) groups excluding carboxylic acids is 1. The number of halogens is 2. The summed E-state index contributed by atoms with van der Waals surface area (Å²) in [6.45, 7) is -10.9. The number of pyridine rings is 3.